The molecule has 0 spiro atoms. The number of hydrogen-bond acceptors (Lipinski definition) is 4. The van der Waals surface area contributed by atoms with Crippen LogP contribution in [0.5, 0.6) is 5.75 Å². The van der Waals surface area contributed by atoms with Crippen LogP contribution in [-0.4, -0.2) is 64.2 Å². The molecular formula is C17H23ClN2O3. The number of likely N-dealkylation sites (tertiary alicyclic amines) is 2. The maximum atomic E-state index is 12.5. The van der Waals surface area contributed by atoms with Gasteiger partial charge in [-0.3, -0.25) is 4.79 Å². The standard InChI is InChI=1S/C17H23ClN2O3/c18-14-11-13(3-4-15(14)21)16(22)20-9-5-17(23,6-10-20)12-19-7-1-2-8-19/h3-4,11,21,23H,1-2,5-10,12H2. The van der Waals surface area contributed by atoms with Crippen LogP contribution >= 0.6 is 11.6 Å². The molecule has 2 aliphatic rings. The molecule has 3 rings (SSSR count). The zero-order valence-corrected chi connectivity index (χ0v) is 13.9. The third kappa shape index (κ3) is 3.79. The Morgan fingerprint density at radius 2 is 1.83 bits per heavy atom. The van der Waals surface area contributed by atoms with Crippen molar-refractivity contribution in [2.45, 2.75) is 31.3 Å². The van der Waals surface area contributed by atoms with E-state index in [1.807, 2.05) is 0 Å². The van der Waals surface area contributed by atoms with E-state index in [2.05, 4.69) is 4.90 Å². The Morgan fingerprint density at radius 1 is 1.17 bits per heavy atom. The lowest BCUT2D eigenvalue weighted by atomic mass is 9.90. The summed E-state index contributed by atoms with van der Waals surface area (Å²) in [7, 11) is 0. The Hall–Kier alpha value is -1.30. The van der Waals surface area contributed by atoms with Crippen LogP contribution < -0.4 is 0 Å². The number of aromatic hydroxyl groups is 1. The quantitative estimate of drug-likeness (QED) is 0.886. The molecule has 0 unspecified atom stereocenters. The second-order valence-corrected chi connectivity index (χ2v) is 7.07. The van der Waals surface area contributed by atoms with Crippen LogP contribution in [0.4, 0.5) is 0 Å². The molecule has 6 heteroatoms. The smallest absolute Gasteiger partial charge is 0.253 e. The number of benzene rings is 1. The highest BCUT2D eigenvalue weighted by Gasteiger charge is 2.36. The van der Waals surface area contributed by atoms with Crippen LogP contribution in [0, 0.1) is 0 Å². The molecule has 0 radical (unpaired) electrons. The largest absolute Gasteiger partial charge is 0.506 e. The SMILES string of the molecule is O=C(c1ccc(O)c(Cl)c1)N1CCC(O)(CN2CCCC2)CC1. The van der Waals surface area contributed by atoms with Crippen molar-refractivity contribution in [2.24, 2.45) is 0 Å². The van der Waals surface area contributed by atoms with Gasteiger partial charge in [0.25, 0.3) is 5.91 Å². The van der Waals surface area contributed by atoms with Gasteiger partial charge in [-0.25, -0.2) is 0 Å². The van der Waals surface area contributed by atoms with Crippen LogP contribution in [0.2, 0.25) is 5.02 Å². The molecule has 0 atom stereocenters. The van der Waals surface area contributed by atoms with Gasteiger partial charge in [0.1, 0.15) is 5.75 Å². The average molecular weight is 339 g/mol. The number of phenols is 1. The Kier molecular flexibility index (Phi) is 4.80. The molecule has 1 aromatic rings. The molecule has 1 aromatic carbocycles. The molecule has 23 heavy (non-hydrogen) atoms. The number of nitrogens with zero attached hydrogens (tertiary/aromatic N) is 2. The fourth-order valence-electron chi connectivity index (χ4n) is 3.46. The van der Waals surface area contributed by atoms with Gasteiger partial charge in [0.05, 0.1) is 10.6 Å². The first-order valence-corrected chi connectivity index (χ1v) is 8.57. The second-order valence-electron chi connectivity index (χ2n) is 6.67. The minimum Gasteiger partial charge on any atom is -0.506 e. The minimum absolute atomic E-state index is 0.0261. The number of rotatable bonds is 3. The van der Waals surface area contributed by atoms with Crippen LogP contribution in [0.1, 0.15) is 36.0 Å². The lowest BCUT2D eigenvalue weighted by Crippen LogP contribution is -2.51. The molecule has 1 amide bonds. The first-order valence-electron chi connectivity index (χ1n) is 8.19. The number of carbonyl (C=O) groups is 1. The van der Waals surface area contributed by atoms with E-state index in [4.69, 9.17) is 11.6 Å². The summed E-state index contributed by atoms with van der Waals surface area (Å²) in [5.41, 5.74) is -0.217. The Balaban J connectivity index is 1.59. The van der Waals surface area contributed by atoms with Gasteiger partial charge in [-0.1, -0.05) is 11.6 Å². The molecule has 2 N–H and O–H groups in total. The summed E-state index contributed by atoms with van der Waals surface area (Å²) >= 11 is 5.87. The highest BCUT2D eigenvalue weighted by molar-refractivity contribution is 6.32. The fraction of sp³-hybridized carbons (Fsp3) is 0.588. The molecule has 2 aliphatic heterocycles. The number of amides is 1. The van der Waals surface area contributed by atoms with Crippen LogP contribution in [-0.2, 0) is 0 Å². The summed E-state index contributed by atoms with van der Waals surface area (Å²) in [6.07, 6.45) is 3.62. The maximum absolute atomic E-state index is 12.5. The molecule has 0 saturated carbocycles. The highest BCUT2D eigenvalue weighted by Crippen LogP contribution is 2.28. The molecule has 2 heterocycles. The van der Waals surface area contributed by atoms with E-state index in [0.717, 1.165) is 13.1 Å². The lowest BCUT2D eigenvalue weighted by molar-refractivity contribution is -0.0367. The first-order chi connectivity index (χ1) is 11.0. The van der Waals surface area contributed by atoms with Crippen molar-refractivity contribution in [2.75, 3.05) is 32.7 Å². The number of aliphatic hydroxyl groups is 1. The number of hydrogen-bond donors (Lipinski definition) is 2. The van der Waals surface area contributed by atoms with Gasteiger partial charge in [-0.15, -0.1) is 0 Å². The van der Waals surface area contributed by atoms with Crippen molar-refractivity contribution in [1.29, 1.82) is 0 Å². The molecule has 2 fully saturated rings. The number of piperidine rings is 1. The Morgan fingerprint density at radius 3 is 2.43 bits per heavy atom. The van der Waals surface area contributed by atoms with E-state index < -0.39 is 5.60 Å². The molecule has 0 bridgehead atoms. The van der Waals surface area contributed by atoms with E-state index in [-0.39, 0.29) is 16.7 Å². The van der Waals surface area contributed by atoms with Gasteiger partial charge in [0, 0.05) is 25.2 Å². The van der Waals surface area contributed by atoms with Crippen molar-refractivity contribution in [3.8, 4) is 5.75 Å². The number of carbonyl (C=O) groups excluding carboxylic acids is 1. The summed E-state index contributed by atoms with van der Waals surface area (Å²) in [5.74, 6) is -0.128. The third-order valence-corrected chi connectivity index (χ3v) is 5.20. The topological polar surface area (TPSA) is 64.0 Å². The van der Waals surface area contributed by atoms with Crippen LogP contribution in [0.3, 0.4) is 0 Å². The predicted molar refractivity (Wildman–Crippen MR) is 88.9 cm³/mol. The van der Waals surface area contributed by atoms with Gasteiger partial charge in [0.15, 0.2) is 0 Å². The van der Waals surface area contributed by atoms with E-state index in [9.17, 15) is 15.0 Å². The minimum atomic E-state index is -0.687. The van der Waals surface area contributed by atoms with Gasteiger partial charge in [-0.05, 0) is 57.0 Å². The molecule has 2 saturated heterocycles. The summed E-state index contributed by atoms with van der Waals surface area (Å²) in [4.78, 5) is 16.6. The monoisotopic (exact) mass is 338 g/mol. The van der Waals surface area contributed by atoms with Crippen LogP contribution in [0.15, 0.2) is 18.2 Å². The van der Waals surface area contributed by atoms with Gasteiger partial charge in [-0.2, -0.15) is 0 Å². The van der Waals surface area contributed by atoms with Gasteiger partial charge >= 0.3 is 0 Å². The number of phenolic OH excluding ortho intramolecular Hbond substituents is 1. The summed E-state index contributed by atoms with van der Waals surface area (Å²) in [6, 6.07) is 4.50. The van der Waals surface area contributed by atoms with E-state index in [1.165, 1.54) is 25.0 Å². The first kappa shape index (κ1) is 16.6. The van der Waals surface area contributed by atoms with E-state index in [0.29, 0.717) is 38.0 Å². The van der Waals surface area contributed by atoms with E-state index >= 15 is 0 Å². The molecular weight excluding hydrogens is 316 g/mol. The average Bonchev–Trinajstić information content (AvgIpc) is 3.02. The third-order valence-electron chi connectivity index (χ3n) is 4.89. The molecule has 0 aliphatic carbocycles. The van der Waals surface area contributed by atoms with Crippen molar-refractivity contribution in [1.82, 2.24) is 9.80 Å². The maximum Gasteiger partial charge on any atom is 0.253 e. The summed E-state index contributed by atoms with van der Waals surface area (Å²) in [5, 5.41) is 20.4. The summed E-state index contributed by atoms with van der Waals surface area (Å²) < 4.78 is 0. The van der Waals surface area contributed by atoms with Crippen molar-refractivity contribution < 1.29 is 15.0 Å². The van der Waals surface area contributed by atoms with Crippen molar-refractivity contribution in [3.05, 3.63) is 28.8 Å². The Labute approximate surface area is 141 Å². The normalized spacial score (nSPS) is 21.6. The molecule has 126 valence electrons. The molecule has 5 nitrogen and oxygen atoms in total. The zero-order chi connectivity index (χ0) is 16.4. The molecule has 0 aromatic heterocycles. The number of halogens is 1. The highest BCUT2D eigenvalue weighted by atomic mass is 35.5. The van der Waals surface area contributed by atoms with Gasteiger partial charge < -0.3 is 20.0 Å². The van der Waals surface area contributed by atoms with Crippen LogP contribution in [0.25, 0.3) is 0 Å². The van der Waals surface area contributed by atoms with Crippen molar-refractivity contribution in [3.63, 3.8) is 0 Å². The van der Waals surface area contributed by atoms with E-state index in [1.54, 1.807) is 11.0 Å². The predicted octanol–water partition coefficient (Wildman–Crippen LogP) is 2.11. The van der Waals surface area contributed by atoms with Crippen molar-refractivity contribution >= 4 is 17.5 Å². The number of β-amino-alcohol motifs (C(OH)–C–C–N with tert-alkyl or cyclic N) is 1. The van der Waals surface area contributed by atoms with Gasteiger partial charge in [0.2, 0.25) is 0 Å². The lowest BCUT2D eigenvalue weighted by Gasteiger charge is -2.40. The Bertz CT molecular complexity index is 579. The second kappa shape index (κ2) is 6.67. The zero-order valence-electron chi connectivity index (χ0n) is 13.2. The summed E-state index contributed by atoms with van der Waals surface area (Å²) in [6.45, 7) is 3.93. The fourth-order valence-corrected chi connectivity index (χ4v) is 3.64.